The standard InChI is InChI=1S/C11H16N6/c1-8-4-3-5-17(6-8)11-9-10(12-7-13-11)16(2)15-14-9/h7-8H,3-6H2,1-2H3/t8-/m0/s1. The van der Waals surface area contributed by atoms with Gasteiger partial charge in [-0.2, -0.15) is 0 Å². The van der Waals surface area contributed by atoms with E-state index >= 15 is 0 Å². The van der Waals surface area contributed by atoms with Crippen LogP contribution < -0.4 is 4.90 Å². The molecule has 90 valence electrons. The molecule has 1 saturated heterocycles. The Bertz CT molecular complexity index is 534. The summed E-state index contributed by atoms with van der Waals surface area (Å²) in [5, 5.41) is 8.17. The van der Waals surface area contributed by atoms with E-state index in [2.05, 4.69) is 32.1 Å². The van der Waals surface area contributed by atoms with E-state index in [9.17, 15) is 0 Å². The third-order valence-corrected chi connectivity index (χ3v) is 3.33. The molecule has 0 aromatic carbocycles. The van der Waals surface area contributed by atoms with Crippen LogP contribution in [0, 0.1) is 5.92 Å². The lowest BCUT2D eigenvalue weighted by molar-refractivity contribution is 0.445. The number of aryl methyl sites for hydroxylation is 1. The van der Waals surface area contributed by atoms with Gasteiger partial charge in [-0.25, -0.2) is 14.6 Å². The summed E-state index contributed by atoms with van der Waals surface area (Å²) in [4.78, 5) is 10.9. The fourth-order valence-corrected chi connectivity index (χ4v) is 2.45. The summed E-state index contributed by atoms with van der Waals surface area (Å²) in [6.45, 7) is 4.37. The molecule has 1 atom stereocenters. The second-order valence-electron chi connectivity index (χ2n) is 4.78. The highest BCUT2D eigenvalue weighted by Gasteiger charge is 2.21. The summed E-state index contributed by atoms with van der Waals surface area (Å²) in [7, 11) is 1.85. The van der Waals surface area contributed by atoms with E-state index in [1.165, 1.54) is 12.8 Å². The Morgan fingerprint density at radius 2 is 2.24 bits per heavy atom. The molecule has 0 N–H and O–H groups in total. The SMILES string of the molecule is C[C@H]1CCCN(c2ncnc3c2nnn3C)C1. The van der Waals surface area contributed by atoms with Crippen LogP contribution in [0.1, 0.15) is 19.8 Å². The molecule has 3 heterocycles. The predicted octanol–water partition coefficient (Wildman–Crippen LogP) is 0.995. The number of hydrogen-bond acceptors (Lipinski definition) is 5. The molecular formula is C11H16N6. The second-order valence-corrected chi connectivity index (χ2v) is 4.78. The van der Waals surface area contributed by atoms with Crippen LogP contribution >= 0.6 is 0 Å². The lowest BCUT2D eigenvalue weighted by atomic mass is 10.0. The minimum atomic E-state index is 0.713. The van der Waals surface area contributed by atoms with E-state index in [0.29, 0.717) is 5.92 Å². The maximum atomic E-state index is 4.38. The zero-order valence-corrected chi connectivity index (χ0v) is 10.2. The monoisotopic (exact) mass is 232 g/mol. The van der Waals surface area contributed by atoms with Crippen molar-refractivity contribution in [3.8, 4) is 0 Å². The van der Waals surface area contributed by atoms with Crippen molar-refractivity contribution < 1.29 is 0 Å². The van der Waals surface area contributed by atoms with Crippen LogP contribution in [0.5, 0.6) is 0 Å². The number of piperidine rings is 1. The van der Waals surface area contributed by atoms with Crippen LogP contribution in [0.25, 0.3) is 11.2 Å². The highest BCUT2D eigenvalue weighted by Crippen LogP contribution is 2.25. The average Bonchev–Trinajstić information content (AvgIpc) is 2.71. The molecule has 6 nitrogen and oxygen atoms in total. The number of aromatic nitrogens is 5. The molecule has 0 unspecified atom stereocenters. The Hall–Kier alpha value is -1.72. The van der Waals surface area contributed by atoms with E-state index in [1.54, 1.807) is 11.0 Å². The van der Waals surface area contributed by atoms with E-state index in [4.69, 9.17) is 0 Å². The molecule has 2 aromatic rings. The molecule has 1 aliphatic heterocycles. The molecule has 0 amide bonds. The summed E-state index contributed by atoms with van der Waals surface area (Å²) in [6.07, 6.45) is 4.11. The second kappa shape index (κ2) is 3.94. The van der Waals surface area contributed by atoms with Crippen LogP contribution in [0.2, 0.25) is 0 Å². The Morgan fingerprint density at radius 3 is 3.06 bits per heavy atom. The molecule has 0 bridgehead atoms. The van der Waals surface area contributed by atoms with Crippen LogP contribution in [0.4, 0.5) is 5.82 Å². The molecule has 3 rings (SSSR count). The van der Waals surface area contributed by atoms with Crippen molar-refractivity contribution in [3.63, 3.8) is 0 Å². The van der Waals surface area contributed by atoms with E-state index in [1.807, 2.05) is 7.05 Å². The minimum absolute atomic E-state index is 0.713. The summed E-state index contributed by atoms with van der Waals surface area (Å²) in [5.74, 6) is 1.64. The lowest BCUT2D eigenvalue weighted by Gasteiger charge is -2.31. The number of anilines is 1. The van der Waals surface area contributed by atoms with Gasteiger partial charge in [0.25, 0.3) is 0 Å². The molecule has 6 heteroatoms. The van der Waals surface area contributed by atoms with Crippen molar-refractivity contribution in [2.75, 3.05) is 18.0 Å². The first kappa shape index (κ1) is 10.4. The first-order valence-electron chi connectivity index (χ1n) is 6.01. The number of nitrogens with zero attached hydrogens (tertiary/aromatic N) is 6. The van der Waals surface area contributed by atoms with Crippen LogP contribution in [-0.4, -0.2) is 38.1 Å². The average molecular weight is 232 g/mol. The van der Waals surface area contributed by atoms with Crippen molar-refractivity contribution in [2.45, 2.75) is 19.8 Å². The zero-order chi connectivity index (χ0) is 11.8. The van der Waals surface area contributed by atoms with Gasteiger partial charge in [0.05, 0.1) is 0 Å². The van der Waals surface area contributed by atoms with E-state index in [-0.39, 0.29) is 0 Å². The van der Waals surface area contributed by atoms with Gasteiger partial charge in [0.2, 0.25) is 0 Å². The molecular weight excluding hydrogens is 216 g/mol. The first-order chi connectivity index (χ1) is 8.25. The Kier molecular flexibility index (Phi) is 2.42. The Balaban J connectivity index is 2.04. The van der Waals surface area contributed by atoms with Crippen LogP contribution in [-0.2, 0) is 7.05 Å². The van der Waals surface area contributed by atoms with Gasteiger partial charge in [-0.15, -0.1) is 5.10 Å². The fourth-order valence-electron chi connectivity index (χ4n) is 2.45. The number of fused-ring (bicyclic) bond motifs is 1. The lowest BCUT2D eigenvalue weighted by Crippen LogP contribution is -2.35. The Morgan fingerprint density at radius 1 is 1.35 bits per heavy atom. The van der Waals surface area contributed by atoms with Gasteiger partial charge in [-0.05, 0) is 18.8 Å². The van der Waals surface area contributed by atoms with Gasteiger partial charge in [-0.3, -0.25) is 0 Å². The largest absolute Gasteiger partial charge is 0.354 e. The Labute approximate surface area is 99.7 Å². The topological polar surface area (TPSA) is 59.7 Å². The van der Waals surface area contributed by atoms with Gasteiger partial charge < -0.3 is 4.90 Å². The van der Waals surface area contributed by atoms with Gasteiger partial charge >= 0.3 is 0 Å². The van der Waals surface area contributed by atoms with Gasteiger partial charge in [0, 0.05) is 20.1 Å². The fraction of sp³-hybridized carbons (Fsp3) is 0.636. The molecule has 2 aromatic heterocycles. The third kappa shape index (κ3) is 1.73. The highest BCUT2D eigenvalue weighted by atomic mass is 15.4. The van der Waals surface area contributed by atoms with Crippen LogP contribution in [0.3, 0.4) is 0 Å². The number of hydrogen-bond donors (Lipinski definition) is 0. The van der Waals surface area contributed by atoms with Crippen LogP contribution in [0.15, 0.2) is 6.33 Å². The summed E-state index contributed by atoms with van der Waals surface area (Å²) < 4.78 is 1.69. The van der Waals surface area contributed by atoms with Gasteiger partial charge in [-0.1, -0.05) is 12.1 Å². The molecule has 0 radical (unpaired) electrons. The van der Waals surface area contributed by atoms with E-state index in [0.717, 1.165) is 30.1 Å². The maximum Gasteiger partial charge on any atom is 0.183 e. The van der Waals surface area contributed by atoms with Gasteiger partial charge in [0.15, 0.2) is 17.0 Å². The summed E-state index contributed by atoms with van der Waals surface area (Å²) >= 11 is 0. The molecule has 0 saturated carbocycles. The quantitative estimate of drug-likeness (QED) is 0.734. The summed E-state index contributed by atoms with van der Waals surface area (Å²) in [5.41, 5.74) is 1.61. The summed E-state index contributed by atoms with van der Waals surface area (Å²) in [6, 6.07) is 0. The molecule has 0 aliphatic carbocycles. The van der Waals surface area contributed by atoms with Crippen molar-refractivity contribution >= 4 is 17.0 Å². The molecule has 1 aliphatic rings. The molecule has 0 spiro atoms. The third-order valence-electron chi connectivity index (χ3n) is 3.33. The maximum absolute atomic E-state index is 4.38. The number of rotatable bonds is 1. The zero-order valence-electron chi connectivity index (χ0n) is 10.2. The van der Waals surface area contributed by atoms with Crippen molar-refractivity contribution in [1.82, 2.24) is 25.0 Å². The minimum Gasteiger partial charge on any atom is -0.354 e. The predicted molar refractivity (Wildman–Crippen MR) is 64.7 cm³/mol. The molecule has 17 heavy (non-hydrogen) atoms. The normalized spacial score (nSPS) is 21.1. The smallest absolute Gasteiger partial charge is 0.183 e. The first-order valence-corrected chi connectivity index (χ1v) is 6.01. The van der Waals surface area contributed by atoms with Crippen molar-refractivity contribution in [1.29, 1.82) is 0 Å². The molecule has 1 fully saturated rings. The van der Waals surface area contributed by atoms with E-state index < -0.39 is 0 Å². The van der Waals surface area contributed by atoms with Crippen molar-refractivity contribution in [2.24, 2.45) is 13.0 Å². The highest BCUT2D eigenvalue weighted by molar-refractivity contribution is 5.82. The van der Waals surface area contributed by atoms with Gasteiger partial charge in [0.1, 0.15) is 6.33 Å². The van der Waals surface area contributed by atoms with Crippen molar-refractivity contribution in [3.05, 3.63) is 6.33 Å².